The van der Waals surface area contributed by atoms with Crippen molar-refractivity contribution >= 4 is 11.8 Å². The lowest BCUT2D eigenvalue weighted by molar-refractivity contribution is -0.292. The number of ether oxygens (including phenoxy) is 6. The Bertz CT molecular complexity index is 1360. The fraction of sp³-hybridized carbons (Fsp3) is 0.407. The number of alkyl halides is 3. The van der Waals surface area contributed by atoms with Gasteiger partial charge in [-0.3, -0.25) is 14.5 Å². The van der Waals surface area contributed by atoms with Crippen LogP contribution in [0.15, 0.2) is 65.7 Å². The number of nitrogens with zero attached hydrogens (tertiary/aromatic N) is 2. The summed E-state index contributed by atoms with van der Waals surface area (Å²) in [4.78, 5) is 25.6. The van der Waals surface area contributed by atoms with Crippen molar-refractivity contribution < 1.29 is 46.4 Å². The van der Waals surface area contributed by atoms with Crippen LogP contribution in [0.25, 0.3) is 11.4 Å². The molecule has 14 heteroatoms. The van der Waals surface area contributed by atoms with Crippen LogP contribution in [0.1, 0.15) is 13.8 Å². The highest BCUT2D eigenvalue weighted by atomic mass is 19.4. The zero-order chi connectivity index (χ0) is 29.7. The number of anilines is 1. The number of carbonyl (C=O) groups is 1. The van der Waals surface area contributed by atoms with Gasteiger partial charge in [-0.15, -0.1) is 13.2 Å². The summed E-state index contributed by atoms with van der Waals surface area (Å²) in [7, 11) is 3.00. The molecular formula is C27H30F3N3O8. The predicted molar refractivity (Wildman–Crippen MR) is 139 cm³/mol. The Labute approximate surface area is 233 Å². The molecule has 1 aliphatic rings. The Balaban J connectivity index is 1.41. The number of carbonyl (C=O) groups excluding carboxylic acids is 1. The van der Waals surface area contributed by atoms with Gasteiger partial charge >= 0.3 is 18.1 Å². The number of methoxy groups -OCH3 is 2. The van der Waals surface area contributed by atoms with E-state index in [-0.39, 0.29) is 0 Å². The van der Waals surface area contributed by atoms with Crippen molar-refractivity contribution in [3.8, 4) is 17.1 Å². The molecule has 0 unspecified atom stereocenters. The first-order valence-electron chi connectivity index (χ1n) is 12.6. The molecule has 0 aliphatic carbocycles. The third-order valence-electron chi connectivity index (χ3n) is 6.37. The standard InChI is InChI=1S/C27H30F3N3O8/c1-5-38-22-21(36-3)16(2)39-24(23(22)37-4)40-25(34)31-17-6-8-18(9-7-17)32-14-15-33(26(32)35)19-10-12-20(13-11-19)41-27(28,29)30/h6-16,21-24H,5H2,1-4H3,(H,31,34)/t16-,21-,22+,23+,24-/m0/s1. The first-order chi connectivity index (χ1) is 19.5. The van der Waals surface area contributed by atoms with Gasteiger partial charge in [0.15, 0.2) is 0 Å². The summed E-state index contributed by atoms with van der Waals surface area (Å²) in [6.45, 7) is 4.02. The number of hydrogen-bond donors (Lipinski definition) is 1. The third-order valence-corrected chi connectivity index (χ3v) is 6.37. The van der Waals surface area contributed by atoms with E-state index >= 15 is 0 Å². The Kier molecular flexibility index (Phi) is 9.38. The maximum Gasteiger partial charge on any atom is 0.573 e. The van der Waals surface area contributed by atoms with Crippen LogP contribution in [-0.2, 0) is 23.7 Å². The van der Waals surface area contributed by atoms with Gasteiger partial charge in [0, 0.05) is 38.9 Å². The van der Waals surface area contributed by atoms with E-state index in [1.54, 1.807) is 31.2 Å². The first-order valence-corrected chi connectivity index (χ1v) is 12.6. The van der Waals surface area contributed by atoms with Gasteiger partial charge in [0.25, 0.3) is 0 Å². The van der Waals surface area contributed by atoms with Crippen molar-refractivity contribution in [2.24, 2.45) is 0 Å². The molecule has 1 aromatic heterocycles. The molecule has 3 aromatic rings. The highest BCUT2D eigenvalue weighted by Gasteiger charge is 2.47. The summed E-state index contributed by atoms with van der Waals surface area (Å²) >= 11 is 0. The Hall–Kier alpha value is -3.85. The quantitative estimate of drug-likeness (QED) is 0.399. The fourth-order valence-electron chi connectivity index (χ4n) is 4.56. The van der Waals surface area contributed by atoms with E-state index in [2.05, 4.69) is 10.1 Å². The summed E-state index contributed by atoms with van der Waals surface area (Å²) in [5.41, 5.74) is 0.766. The Morgan fingerprint density at radius 1 is 0.927 bits per heavy atom. The molecule has 0 bridgehead atoms. The maximum absolute atomic E-state index is 13.0. The van der Waals surface area contributed by atoms with Crippen LogP contribution in [0.5, 0.6) is 5.75 Å². The molecular weight excluding hydrogens is 551 g/mol. The molecule has 11 nitrogen and oxygen atoms in total. The number of benzene rings is 2. The van der Waals surface area contributed by atoms with Crippen molar-refractivity contribution in [2.45, 2.75) is 50.9 Å². The van der Waals surface area contributed by atoms with Crippen molar-refractivity contribution in [3.63, 3.8) is 0 Å². The number of nitrogens with one attached hydrogen (secondary N) is 1. The lowest BCUT2D eigenvalue weighted by atomic mass is 9.99. The van der Waals surface area contributed by atoms with Crippen molar-refractivity contribution in [2.75, 3.05) is 26.1 Å². The number of imidazole rings is 1. The van der Waals surface area contributed by atoms with Gasteiger partial charge in [0.05, 0.1) is 17.5 Å². The molecule has 1 aliphatic heterocycles. The first kappa shape index (κ1) is 30.1. The highest BCUT2D eigenvalue weighted by molar-refractivity contribution is 5.84. The monoisotopic (exact) mass is 581 g/mol. The van der Waals surface area contributed by atoms with Crippen molar-refractivity contribution in [1.29, 1.82) is 0 Å². The molecule has 5 atom stereocenters. The molecule has 222 valence electrons. The summed E-state index contributed by atoms with van der Waals surface area (Å²) in [6.07, 6.45) is -5.77. The van der Waals surface area contributed by atoms with Crippen molar-refractivity contribution in [3.05, 3.63) is 71.4 Å². The number of aromatic nitrogens is 2. The Morgan fingerprint density at radius 2 is 1.49 bits per heavy atom. The third kappa shape index (κ3) is 7.08. The van der Waals surface area contributed by atoms with Crippen molar-refractivity contribution in [1.82, 2.24) is 9.13 Å². The lowest BCUT2D eigenvalue weighted by Gasteiger charge is -2.43. The molecule has 0 spiro atoms. The number of hydrogen-bond acceptors (Lipinski definition) is 8. The van der Waals surface area contributed by atoms with Crippen LogP contribution in [-0.4, -0.2) is 73.1 Å². The average Bonchev–Trinajstić information content (AvgIpc) is 3.30. The molecule has 1 N–H and O–H groups in total. The summed E-state index contributed by atoms with van der Waals surface area (Å²) in [6, 6.07) is 11.3. The lowest BCUT2D eigenvalue weighted by Crippen LogP contribution is -2.60. The fourth-order valence-corrected chi connectivity index (χ4v) is 4.56. The van der Waals surface area contributed by atoms with Crippen LogP contribution < -0.4 is 15.7 Å². The Morgan fingerprint density at radius 3 is 2.00 bits per heavy atom. The van der Waals surface area contributed by atoms with Crippen LogP contribution >= 0.6 is 0 Å². The van der Waals surface area contributed by atoms with Crippen LogP contribution in [0.2, 0.25) is 0 Å². The van der Waals surface area contributed by atoms with E-state index in [1.807, 2.05) is 6.92 Å². The molecule has 2 aromatic carbocycles. The second-order valence-corrected chi connectivity index (χ2v) is 8.97. The van der Waals surface area contributed by atoms with E-state index in [1.165, 1.54) is 47.9 Å². The largest absolute Gasteiger partial charge is 0.573 e. The summed E-state index contributed by atoms with van der Waals surface area (Å²) in [5, 5.41) is 2.61. The van der Waals surface area contributed by atoms with Gasteiger partial charge < -0.3 is 28.4 Å². The summed E-state index contributed by atoms with van der Waals surface area (Å²) < 4.78 is 71.8. The molecule has 1 fully saturated rings. The zero-order valence-corrected chi connectivity index (χ0v) is 22.7. The minimum absolute atomic E-state index is 0.348. The second kappa shape index (κ2) is 12.8. The molecule has 0 saturated carbocycles. The van der Waals surface area contributed by atoms with E-state index < -0.39 is 54.6 Å². The van der Waals surface area contributed by atoms with Gasteiger partial charge in [-0.05, 0) is 62.4 Å². The minimum Gasteiger partial charge on any atom is -0.416 e. The molecule has 2 heterocycles. The van der Waals surface area contributed by atoms with Gasteiger partial charge in [0.1, 0.15) is 24.1 Å². The zero-order valence-electron chi connectivity index (χ0n) is 22.7. The average molecular weight is 582 g/mol. The number of rotatable bonds is 9. The van der Waals surface area contributed by atoms with Gasteiger partial charge in [-0.25, -0.2) is 9.59 Å². The van der Waals surface area contributed by atoms with Gasteiger partial charge in [-0.2, -0.15) is 0 Å². The SMILES string of the molecule is CCO[C@@H]1[C@@H](OC)[C@H](C)O[C@@H](OC(=O)Nc2ccc(-n3ccn(-c4ccc(OC(F)(F)F)cc4)c3=O)cc2)[C@@H]1OC. The topological polar surface area (TPSA) is 111 Å². The molecule has 0 radical (unpaired) electrons. The highest BCUT2D eigenvalue weighted by Crippen LogP contribution is 2.28. The molecule has 1 saturated heterocycles. The van der Waals surface area contributed by atoms with E-state index in [4.69, 9.17) is 23.7 Å². The van der Waals surface area contributed by atoms with Crippen LogP contribution in [0.4, 0.5) is 23.7 Å². The summed E-state index contributed by atoms with van der Waals surface area (Å²) in [5.74, 6) is -0.397. The predicted octanol–water partition coefficient (Wildman–Crippen LogP) is 4.26. The smallest absolute Gasteiger partial charge is 0.416 e. The number of halogens is 3. The normalized spacial score (nSPS) is 22.8. The molecule has 1 amide bonds. The van der Waals surface area contributed by atoms with Gasteiger partial charge in [-0.1, -0.05) is 0 Å². The minimum atomic E-state index is -4.81. The van der Waals surface area contributed by atoms with E-state index in [0.717, 1.165) is 12.1 Å². The van der Waals surface area contributed by atoms with Crippen LogP contribution in [0.3, 0.4) is 0 Å². The molecule has 4 rings (SSSR count). The molecule has 41 heavy (non-hydrogen) atoms. The number of amides is 1. The van der Waals surface area contributed by atoms with Gasteiger partial charge in [0.2, 0.25) is 6.29 Å². The van der Waals surface area contributed by atoms with E-state index in [0.29, 0.717) is 23.7 Å². The second-order valence-electron chi connectivity index (χ2n) is 8.97. The van der Waals surface area contributed by atoms with E-state index in [9.17, 15) is 22.8 Å². The maximum atomic E-state index is 13.0. The van der Waals surface area contributed by atoms with Crippen LogP contribution in [0, 0.1) is 0 Å².